The molecule has 3 N–H and O–H groups in total. The quantitative estimate of drug-likeness (QED) is 0.222. The number of anilines is 1. The second kappa shape index (κ2) is 10.1. The van der Waals surface area contributed by atoms with Gasteiger partial charge < -0.3 is 10.3 Å². The minimum absolute atomic E-state index is 0.122. The van der Waals surface area contributed by atoms with Crippen molar-refractivity contribution in [3.63, 3.8) is 0 Å². The van der Waals surface area contributed by atoms with Crippen LogP contribution in [0.3, 0.4) is 0 Å². The molecule has 0 unspecified atom stereocenters. The van der Waals surface area contributed by atoms with E-state index in [0.717, 1.165) is 38.9 Å². The standard InChI is InChI=1S/C32H22FN7O/c33-22-8-6-20(7-9-22)24-12-13-35-32-25(24)16-28(38-32)31-30-27(39-40-31)11-10-26(37-30)21-15-23(18-34-17-21)36-29(41)14-19-4-2-1-3-5-19/h1-13,15-18H,14H2,(H,35,38)(H,36,41)(H,39,40). The molecule has 2 aromatic carbocycles. The minimum Gasteiger partial charge on any atom is -0.338 e. The Kier molecular flexibility index (Phi) is 6.01. The van der Waals surface area contributed by atoms with E-state index < -0.39 is 0 Å². The number of aromatic amines is 2. The van der Waals surface area contributed by atoms with Crippen molar-refractivity contribution in [1.82, 2.24) is 30.1 Å². The fourth-order valence-electron chi connectivity index (χ4n) is 4.92. The molecule has 0 aliphatic rings. The van der Waals surface area contributed by atoms with Crippen molar-refractivity contribution < 1.29 is 9.18 Å². The Hall–Kier alpha value is -5.70. The predicted octanol–water partition coefficient (Wildman–Crippen LogP) is 6.55. The fourth-order valence-corrected chi connectivity index (χ4v) is 4.92. The fraction of sp³-hybridized carbons (Fsp3) is 0.0312. The number of halogens is 1. The maximum Gasteiger partial charge on any atom is 0.228 e. The first kappa shape index (κ1) is 24.3. The van der Waals surface area contributed by atoms with Crippen molar-refractivity contribution in [2.24, 2.45) is 0 Å². The van der Waals surface area contributed by atoms with Gasteiger partial charge in [-0.25, -0.2) is 14.4 Å². The van der Waals surface area contributed by atoms with Gasteiger partial charge in [-0.2, -0.15) is 5.10 Å². The lowest BCUT2D eigenvalue weighted by molar-refractivity contribution is -0.115. The maximum absolute atomic E-state index is 13.5. The number of rotatable bonds is 6. The molecule has 41 heavy (non-hydrogen) atoms. The molecule has 7 aromatic rings. The van der Waals surface area contributed by atoms with Crippen LogP contribution < -0.4 is 5.32 Å². The van der Waals surface area contributed by atoms with Gasteiger partial charge in [0.25, 0.3) is 0 Å². The summed E-state index contributed by atoms with van der Waals surface area (Å²) in [6, 6.07) is 25.5. The average molecular weight is 540 g/mol. The van der Waals surface area contributed by atoms with Gasteiger partial charge in [0.1, 0.15) is 22.7 Å². The third-order valence-electron chi connectivity index (χ3n) is 6.88. The van der Waals surface area contributed by atoms with E-state index in [-0.39, 0.29) is 18.1 Å². The summed E-state index contributed by atoms with van der Waals surface area (Å²) in [4.78, 5) is 29.7. The molecule has 0 fully saturated rings. The summed E-state index contributed by atoms with van der Waals surface area (Å²) in [5, 5.41) is 11.4. The highest BCUT2D eigenvalue weighted by molar-refractivity contribution is 5.99. The molecule has 9 heteroatoms. The lowest BCUT2D eigenvalue weighted by Crippen LogP contribution is -2.14. The minimum atomic E-state index is -0.283. The van der Waals surface area contributed by atoms with E-state index in [2.05, 4.69) is 30.5 Å². The highest BCUT2D eigenvalue weighted by Crippen LogP contribution is 2.33. The first-order valence-electron chi connectivity index (χ1n) is 13.0. The van der Waals surface area contributed by atoms with E-state index in [9.17, 15) is 9.18 Å². The number of fused-ring (bicyclic) bond motifs is 2. The topological polar surface area (TPSA) is 112 Å². The first-order valence-corrected chi connectivity index (χ1v) is 13.0. The van der Waals surface area contributed by atoms with E-state index in [0.29, 0.717) is 28.2 Å². The SMILES string of the molecule is O=C(Cc1ccccc1)Nc1cncc(-c2ccc3[nH]nc(-c4cc5c(-c6ccc(F)cc6)ccnc5[nH]4)c3n2)c1. The van der Waals surface area contributed by atoms with Crippen LogP contribution >= 0.6 is 0 Å². The second-order valence-electron chi connectivity index (χ2n) is 9.65. The van der Waals surface area contributed by atoms with Crippen LogP contribution in [0.1, 0.15) is 5.56 Å². The van der Waals surface area contributed by atoms with Gasteiger partial charge in [-0.15, -0.1) is 0 Å². The van der Waals surface area contributed by atoms with Gasteiger partial charge in [0.05, 0.1) is 35.2 Å². The summed E-state index contributed by atoms with van der Waals surface area (Å²) in [6.07, 6.45) is 5.32. The molecule has 0 aliphatic carbocycles. The van der Waals surface area contributed by atoms with Gasteiger partial charge in [0.2, 0.25) is 5.91 Å². The van der Waals surface area contributed by atoms with E-state index in [1.54, 1.807) is 30.7 Å². The Balaban J connectivity index is 1.21. The van der Waals surface area contributed by atoms with Crippen molar-refractivity contribution in [1.29, 1.82) is 0 Å². The Morgan fingerprint density at radius 1 is 0.902 bits per heavy atom. The first-order chi connectivity index (χ1) is 20.1. The molecule has 0 saturated heterocycles. The molecule has 0 aliphatic heterocycles. The van der Waals surface area contributed by atoms with Crippen LogP contribution in [0.2, 0.25) is 0 Å². The Morgan fingerprint density at radius 2 is 1.76 bits per heavy atom. The molecular weight excluding hydrogens is 517 g/mol. The van der Waals surface area contributed by atoms with Crippen molar-refractivity contribution in [3.05, 3.63) is 115 Å². The number of hydrogen-bond acceptors (Lipinski definition) is 5. The number of H-pyrrole nitrogens is 2. The van der Waals surface area contributed by atoms with E-state index in [4.69, 9.17) is 4.98 Å². The summed E-state index contributed by atoms with van der Waals surface area (Å²) >= 11 is 0. The third-order valence-corrected chi connectivity index (χ3v) is 6.88. The Morgan fingerprint density at radius 3 is 2.61 bits per heavy atom. The van der Waals surface area contributed by atoms with Gasteiger partial charge in [0, 0.05) is 23.3 Å². The highest BCUT2D eigenvalue weighted by atomic mass is 19.1. The molecule has 5 heterocycles. The van der Waals surface area contributed by atoms with E-state index >= 15 is 0 Å². The van der Waals surface area contributed by atoms with Crippen molar-refractivity contribution >= 4 is 33.7 Å². The predicted molar refractivity (Wildman–Crippen MR) is 156 cm³/mol. The highest BCUT2D eigenvalue weighted by Gasteiger charge is 2.16. The van der Waals surface area contributed by atoms with Crippen LogP contribution in [0.4, 0.5) is 10.1 Å². The van der Waals surface area contributed by atoms with Crippen LogP contribution in [-0.4, -0.2) is 36.0 Å². The number of amides is 1. The third kappa shape index (κ3) is 4.80. The summed E-state index contributed by atoms with van der Waals surface area (Å²) < 4.78 is 13.5. The number of pyridine rings is 3. The number of hydrogen-bond donors (Lipinski definition) is 3. The Bertz CT molecular complexity index is 2030. The summed E-state index contributed by atoms with van der Waals surface area (Å²) in [5.41, 5.74) is 8.33. The largest absolute Gasteiger partial charge is 0.338 e. The van der Waals surface area contributed by atoms with Crippen molar-refractivity contribution in [2.75, 3.05) is 5.32 Å². The summed E-state index contributed by atoms with van der Waals surface area (Å²) in [5.74, 6) is -0.405. The van der Waals surface area contributed by atoms with Crippen molar-refractivity contribution in [2.45, 2.75) is 6.42 Å². The van der Waals surface area contributed by atoms with Gasteiger partial charge >= 0.3 is 0 Å². The van der Waals surface area contributed by atoms with Crippen molar-refractivity contribution in [3.8, 4) is 33.8 Å². The average Bonchev–Trinajstić information content (AvgIpc) is 3.62. The summed E-state index contributed by atoms with van der Waals surface area (Å²) in [6.45, 7) is 0. The molecule has 5 aromatic heterocycles. The second-order valence-corrected chi connectivity index (χ2v) is 9.65. The maximum atomic E-state index is 13.5. The molecule has 0 spiro atoms. The van der Waals surface area contributed by atoms with E-state index in [1.807, 2.05) is 60.7 Å². The van der Waals surface area contributed by atoms with Gasteiger partial charge in [0.15, 0.2) is 0 Å². The van der Waals surface area contributed by atoms with Crippen LogP contribution in [0, 0.1) is 5.82 Å². The molecule has 1 amide bonds. The number of carbonyl (C=O) groups is 1. The molecular formula is C32H22FN7O. The van der Waals surface area contributed by atoms with Gasteiger partial charge in [-0.1, -0.05) is 42.5 Å². The van der Waals surface area contributed by atoms with Crippen LogP contribution in [-0.2, 0) is 11.2 Å². The zero-order valence-electron chi connectivity index (χ0n) is 21.6. The Labute approximate surface area is 233 Å². The van der Waals surface area contributed by atoms with Crippen LogP contribution in [0.5, 0.6) is 0 Å². The molecule has 198 valence electrons. The zero-order valence-corrected chi connectivity index (χ0v) is 21.6. The molecule has 0 atom stereocenters. The lowest BCUT2D eigenvalue weighted by atomic mass is 10.0. The molecule has 8 nitrogen and oxygen atoms in total. The number of nitrogens with zero attached hydrogens (tertiary/aromatic N) is 4. The molecule has 0 bridgehead atoms. The number of carbonyl (C=O) groups excluding carboxylic acids is 1. The van der Waals surface area contributed by atoms with Gasteiger partial charge in [-0.3, -0.25) is 14.9 Å². The number of aromatic nitrogens is 6. The van der Waals surface area contributed by atoms with Crippen LogP contribution in [0.15, 0.2) is 104 Å². The normalized spacial score (nSPS) is 11.2. The summed E-state index contributed by atoms with van der Waals surface area (Å²) in [7, 11) is 0. The lowest BCUT2D eigenvalue weighted by Gasteiger charge is -2.07. The zero-order chi connectivity index (χ0) is 27.8. The van der Waals surface area contributed by atoms with E-state index in [1.165, 1.54) is 12.1 Å². The molecule has 7 rings (SSSR count). The monoisotopic (exact) mass is 539 g/mol. The molecule has 0 saturated carbocycles. The van der Waals surface area contributed by atoms with Gasteiger partial charge in [-0.05, 0) is 59.2 Å². The number of nitrogens with one attached hydrogen (secondary N) is 3. The molecule has 0 radical (unpaired) electrons. The van der Waals surface area contributed by atoms with Crippen LogP contribution in [0.25, 0.3) is 55.8 Å². The smallest absolute Gasteiger partial charge is 0.228 e. The number of benzene rings is 2.